The molecule has 0 saturated heterocycles. The Balaban J connectivity index is 2.58. The molecule has 0 aromatic carbocycles. The molecule has 3 N–H and O–H groups in total. The van der Waals surface area contributed by atoms with Crippen molar-refractivity contribution in [3.63, 3.8) is 0 Å². The van der Waals surface area contributed by atoms with Gasteiger partial charge in [-0.1, -0.05) is 0 Å². The van der Waals surface area contributed by atoms with Gasteiger partial charge in [-0.25, -0.2) is 9.78 Å². The Kier molecular flexibility index (Phi) is 3.68. The number of aromatic nitrogens is 1. The van der Waals surface area contributed by atoms with E-state index in [-0.39, 0.29) is 6.54 Å². The molecule has 1 heterocycles. The van der Waals surface area contributed by atoms with Crippen LogP contribution >= 0.6 is 0 Å². The number of pyridine rings is 1. The number of carboxylic acids is 1. The molecule has 0 bridgehead atoms. The third kappa shape index (κ3) is 3.09. The maximum Gasteiger partial charge on any atom is 0.337 e. The number of rotatable bonds is 5. The topological polar surface area (TPSA) is 91.7 Å². The summed E-state index contributed by atoms with van der Waals surface area (Å²) in [4.78, 5) is 14.5. The monoisotopic (exact) mass is 226 g/mol. The molecule has 1 aromatic rings. The Bertz CT molecular complexity index is 362. The molecular formula is C10H14N2O4. The minimum absolute atomic E-state index is 0.101. The average molecular weight is 226 g/mol. The fourth-order valence-electron chi connectivity index (χ4n) is 0.955. The highest BCUT2D eigenvalue weighted by Crippen LogP contribution is 2.12. The zero-order chi connectivity index (χ0) is 12.2. The summed E-state index contributed by atoms with van der Waals surface area (Å²) in [5.41, 5.74) is -1.19. The van der Waals surface area contributed by atoms with Crippen LogP contribution in [0.5, 0.6) is 5.88 Å². The summed E-state index contributed by atoms with van der Waals surface area (Å²) in [6.45, 7) is 1.12. The van der Waals surface area contributed by atoms with Crippen LogP contribution in [0.25, 0.3) is 0 Å². The lowest BCUT2D eigenvalue weighted by atomic mass is 10.1. The van der Waals surface area contributed by atoms with Gasteiger partial charge in [-0.3, -0.25) is 0 Å². The molecule has 0 amide bonds. The Morgan fingerprint density at radius 3 is 2.75 bits per heavy atom. The normalized spacial score (nSPS) is 13.9. The minimum atomic E-state index is -1.81. The van der Waals surface area contributed by atoms with Gasteiger partial charge in [0.15, 0.2) is 5.60 Å². The quantitative estimate of drug-likeness (QED) is 0.670. The average Bonchev–Trinajstić information content (AvgIpc) is 2.27. The van der Waals surface area contributed by atoms with Crippen molar-refractivity contribution in [3.05, 3.63) is 18.3 Å². The van der Waals surface area contributed by atoms with Gasteiger partial charge in [-0.05, 0) is 13.0 Å². The molecule has 0 aliphatic rings. The van der Waals surface area contributed by atoms with Crippen molar-refractivity contribution in [1.82, 2.24) is 4.98 Å². The Labute approximate surface area is 92.9 Å². The first-order valence-corrected chi connectivity index (χ1v) is 4.65. The van der Waals surface area contributed by atoms with Crippen molar-refractivity contribution in [3.8, 4) is 5.88 Å². The zero-order valence-electron chi connectivity index (χ0n) is 9.10. The van der Waals surface area contributed by atoms with Crippen molar-refractivity contribution >= 4 is 11.7 Å². The first kappa shape index (κ1) is 12.3. The van der Waals surface area contributed by atoms with Crippen molar-refractivity contribution in [2.75, 3.05) is 19.0 Å². The van der Waals surface area contributed by atoms with Gasteiger partial charge in [0.25, 0.3) is 0 Å². The second-order valence-corrected chi connectivity index (χ2v) is 3.52. The van der Waals surface area contributed by atoms with Crippen LogP contribution in [0.1, 0.15) is 6.92 Å². The Morgan fingerprint density at radius 2 is 2.31 bits per heavy atom. The summed E-state index contributed by atoms with van der Waals surface area (Å²) in [5.74, 6) is -0.808. The summed E-state index contributed by atoms with van der Waals surface area (Å²) in [7, 11) is 1.50. The Morgan fingerprint density at radius 1 is 1.62 bits per heavy atom. The molecule has 0 aliphatic carbocycles. The smallest absolute Gasteiger partial charge is 0.337 e. The van der Waals surface area contributed by atoms with Crippen LogP contribution in [0.15, 0.2) is 18.3 Å². The van der Waals surface area contributed by atoms with Crippen LogP contribution in [0.3, 0.4) is 0 Å². The van der Waals surface area contributed by atoms with Crippen LogP contribution in [0, 0.1) is 0 Å². The van der Waals surface area contributed by atoms with Crippen LogP contribution in [0.2, 0.25) is 0 Å². The number of hydrogen-bond acceptors (Lipinski definition) is 5. The SMILES string of the molecule is COc1ccc(NCC(C)(O)C(=O)O)cn1. The van der Waals surface area contributed by atoms with Crippen molar-refractivity contribution in [1.29, 1.82) is 0 Å². The van der Waals surface area contributed by atoms with E-state index in [9.17, 15) is 9.90 Å². The van der Waals surface area contributed by atoms with Crippen LogP contribution in [-0.4, -0.2) is 40.4 Å². The van der Waals surface area contributed by atoms with E-state index in [0.717, 1.165) is 0 Å². The van der Waals surface area contributed by atoms with E-state index < -0.39 is 11.6 Å². The first-order valence-electron chi connectivity index (χ1n) is 4.65. The van der Waals surface area contributed by atoms with Crippen molar-refractivity contribution in [2.24, 2.45) is 0 Å². The third-order valence-electron chi connectivity index (χ3n) is 2.04. The molecule has 6 heteroatoms. The Hall–Kier alpha value is -1.82. The number of carboxylic acid groups (broad SMARTS) is 1. The van der Waals surface area contributed by atoms with Crippen LogP contribution in [-0.2, 0) is 4.79 Å². The third-order valence-corrected chi connectivity index (χ3v) is 2.04. The van der Waals surface area contributed by atoms with Gasteiger partial charge < -0.3 is 20.3 Å². The molecule has 0 fully saturated rings. The lowest BCUT2D eigenvalue weighted by Crippen LogP contribution is -2.41. The van der Waals surface area contributed by atoms with E-state index in [0.29, 0.717) is 11.6 Å². The summed E-state index contributed by atoms with van der Waals surface area (Å²) in [6, 6.07) is 3.32. The largest absolute Gasteiger partial charge is 0.481 e. The molecule has 0 aliphatic heterocycles. The summed E-state index contributed by atoms with van der Waals surface area (Å²) in [6.07, 6.45) is 1.50. The molecule has 1 rings (SSSR count). The number of methoxy groups -OCH3 is 1. The number of aliphatic hydroxyl groups is 1. The van der Waals surface area contributed by atoms with Gasteiger partial charge in [-0.2, -0.15) is 0 Å². The fourth-order valence-corrected chi connectivity index (χ4v) is 0.955. The second kappa shape index (κ2) is 4.80. The number of anilines is 1. The standard InChI is InChI=1S/C10H14N2O4/c1-10(15,9(13)14)6-12-7-3-4-8(16-2)11-5-7/h3-5,12,15H,6H2,1-2H3,(H,13,14). The highest BCUT2D eigenvalue weighted by atomic mass is 16.5. The van der Waals surface area contributed by atoms with E-state index in [4.69, 9.17) is 9.84 Å². The number of carbonyl (C=O) groups is 1. The molecule has 0 spiro atoms. The molecule has 0 saturated carbocycles. The molecule has 0 radical (unpaired) electrons. The lowest BCUT2D eigenvalue weighted by Gasteiger charge is -2.18. The van der Waals surface area contributed by atoms with Crippen molar-refractivity contribution in [2.45, 2.75) is 12.5 Å². The highest BCUT2D eigenvalue weighted by Gasteiger charge is 2.29. The molecule has 1 aromatic heterocycles. The van der Waals surface area contributed by atoms with E-state index in [2.05, 4.69) is 10.3 Å². The van der Waals surface area contributed by atoms with Crippen LogP contribution < -0.4 is 10.1 Å². The van der Waals surface area contributed by atoms with Gasteiger partial charge >= 0.3 is 5.97 Å². The predicted molar refractivity (Wildman–Crippen MR) is 57.5 cm³/mol. The van der Waals surface area contributed by atoms with E-state index in [1.54, 1.807) is 12.1 Å². The van der Waals surface area contributed by atoms with Gasteiger partial charge in [0.2, 0.25) is 5.88 Å². The van der Waals surface area contributed by atoms with E-state index in [1.165, 1.54) is 20.2 Å². The van der Waals surface area contributed by atoms with Crippen LogP contribution in [0.4, 0.5) is 5.69 Å². The molecule has 16 heavy (non-hydrogen) atoms. The predicted octanol–water partition coefficient (Wildman–Crippen LogP) is 0.338. The van der Waals surface area contributed by atoms with Gasteiger partial charge in [0, 0.05) is 6.07 Å². The summed E-state index contributed by atoms with van der Waals surface area (Å²) >= 11 is 0. The molecule has 6 nitrogen and oxygen atoms in total. The van der Waals surface area contributed by atoms with E-state index in [1.807, 2.05) is 0 Å². The zero-order valence-corrected chi connectivity index (χ0v) is 9.10. The van der Waals surface area contributed by atoms with E-state index >= 15 is 0 Å². The molecule has 1 atom stereocenters. The fraction of sp³-hybridized carbons (Fsp3) is 0.400. The number of aliphatic carboxylic acids is 1. The van der Waals surface area contributed by atoms with Gasteiger partial charge in [0.1, 0.15) is 0 Å². The molecule has 88 valence electrons. The maximum absolute atomic E-state index is 10.6. The first-order chi connectivity index (χ1) is 7.45. The number of nitrogens with zero attached hydrogens (tertiary/aromatic N) is 1. The lowest BCUT2D eigenvalue weighted by molar-refractivity contribution is -0.155. The maximum atomic E-state index is 10.6. The van der Waals surface area contributed by atoms with Gasteiger partial charge in [0.05, 0.1) is 25.5 Å². The molecular weight excluding hydrogens is 212 g/mol. The highest BCUT2D eigenvalue weighted by molar-refractivity contribution is 5.77. The number of hydrogen-bond donors (Lipinski definition) is 3. The molecule has 1 unspecified atom stereocenters. The number of ether oxygens (including phenoxy) is 1. The summed E-state index contributed by atoms with van der Waals surface area (Å²) in [5, 5.41) is 20.9. The number of nitrogens with one attached hydrogen (secondary N) is 1. The summed E-state index contributed by atoms with van der Waals surface area (Å²) < 4.78 is 4.87. The van der Waals surface area contributed by atoms with Gasteiger partial charge in [-0.15, -0.1) is 0 Å². The second-order valence-electron chi connectivity index (χ2n) is 3.52. The van der Waals surface area contributed by atoms with Crippen molar-refractivity contribution < 1.29 is 19.7 Å². The minimum Gasteiger partial charge on any atom is -0.481 e.